The van der Waals surface area contributed by atoms with Crippen LogP contribution in [0.3, 0.4) is 0 Å². The number of likely N-dealkylation sites (tertiary alicyclic amines) is 1. The number of carbonyl (C=O) groups is 1. The van der Waals surface area contributed by atoms with Crippen LogP contribution in [0.5, 0.6) is 0 Å². The SMILES string of the molecule is CS(=O)(=O)N1CCC(C(=O)N2CC[C@](c3ccc(C(OCc4c(F)cccc4F)(C(F)(F)F)C(F)(F)F)cc3)(S(=O)(=O)c3ccc(F)cc3)C2)CC1. The van der Waals surface area contributed by atoms with Crippen LogP contribution < -0.4 is 0 Å². The molecular weight excluding hydrogens is 755 g/mol. The van der Waals surface area contributed by atoms with Crippen LogP contribution in [0.25, 0.3) is 0 Å². The van der Waals surface area contributed by atoms with Crippen molar-refractivity contribution in [1.29, 1.82) is 0 Å². The number of hydrogen-bond donors (Lipinski definition) is 0. The van der Waals surface area contributed by atoms with E-state index in [-0.39, 0.29) is 44.5 Å². The molecule has 0 N–H and O–H groups in total. The molecule has 2 heterocycles. The lowest BCUT2D eigenvalue weighted by atomic mass is 9.88. The highest BCUT2D eigenvalue weighted by Gasteiger charge is 2.73. The fourth-order valence-corrected chi connectivity index (χ4v) is 9.66. The van der Waals surface area contributed by atoms with E-state index in [0.717, 1.165) is 36.6 Å². The van der Waals surface area contributed by atoms with Gasteiger partial charge in [0.1, 0.15) is 22.2 Å². The number of carbonyl (C=O) groups excluding carboxylic acids is 1. The van der Waals surface area contributed by atoms with Crippen molar-refractivity contribution in [2.75, 3.05) is 32.4 Å². The third kappa shape index (κ3) is 7.03. The highest BCUT2D eigenvalue weighted by atomic mass is 32.2. The van der Waals surface area contributed by atoms with E-state index in [1.807, 2.05) is 0 Å². The van der Waals surface area contributed by atoms with E-state index in [4.69, 9.17) is 0 Å². The summed E-state index contributed by atoms with van der Waals surface area (Å²) in [6, 6.07) is 7.76. The summed E-state index contributed by atoms with van der Waals surface area (Å²) in [5.74, 6) is -4.94. The second-order valence-corrected chi connectivity index (χ2v) is 16.9. The second-order valence-electron chi connectivity index (χ2n) is 12.6. The third-order valence-electron chi connectivity index (χ3n) is 9.56. The van der Waals surface area contributed by atoms with Crippen LogP contribution in [0.2, 0.25) is 0 Å². The molecule has 0 aromatic heterocycles. The third-order valence-corrected chi connectivity index (χ3v) is 13.4. The Balaban J connectivity index is 1.56. The van der Waals surface area contributed by atoms with Gasteiger partial charge in [0.15, 0.2) is 9.84 Å². The molecule has 0 bridgehead atoms. The molecule has 0 unspecified atom stereocenters. The van der Waals surface area contributed by atoms with Crippen molar-refractivity contribution in [2.24, 2.45) is 5.92 Å². The maximum Gasteiger partial charge on any atom is 0.430 e. The number of benzene rings is 3. The fourth-order valence-electron chi connectivity index (χ4n) is 6.71. The average molecular weight is 787 g/mol. The lowest BCUT2D eigenvalue weighted by molar-refractivity contribution is -0.392. The molecular formula is C33H31F9N2O6S2. The first-order chi connectivity index (χ1) is 24.0. The fraction of sp³-hybridized carbons (Fsp3) is 0.424. The maximum absolute atomic E-state index is 14.5. The molecule has 2 aliphatic heterocycles. The predicted molar refractivity (Wildman–Crippen MR) is 167 cm³/mol. The van der Waals surface area contributed by atoms with Crippen molar-refractivity contribution in [1.82, 2.24) is 9.21 Å². The Kier molecular flexibility index (Phi) is 10.6. The molecule has 1 atom stereocenters. The summed E-state index contributed by atoms with van der Waals surface area (Å²) in [4.78, 5) is 14.4. The molecule has 0 radical (unpaired) electrons. The number of ether oxygens (including phenoxy) is 1. The Bertz CT molecular complexity index is 1980. The number of amides is 1. The van der Waals surface area contributed by atoms with Crippen LogP contribution >= 0.6 is 0 Å². The van der Waals surface area contributed by atoms with Gasteiger partial charge in [0, 0.05) is 43.2 Å². The number of alkyl halides is 6. The van der Waals surface area contributed by atoms with Crippen LogP contribution in [0.15, 0.2) is 71.6 Å². The average Bonchev–Trinajstić information content (AvgIpc) is 3.52. The van der Waals surface area contributed by atoms with Crippen molar-refractivity contribution >= 4 is 25.8 Å². The molecule has 3 aromatic rings. The van der Waals surface area contributed by atoms with E-state index in [2.05, 4.69) is 4.74 Å². The second kappa shape index (κ2) is 13.9. The molecule has 0 saturated carbocycles. The Morgan fingerprint density at radius 2 is 1.35 bits per heavy atom. The summed E-state index contributed by atoms with van der Waals surface area (Å²) in [5.41, 5.74) is -8.21. The summed E-state index contributed by atoms with van der Waals surface area (Å²) >= 11 is 0. The van der Waals surface area contributed by atoms with Gasteiger partial charge in [0.25, 0.3) is 5.60 Å². The molecule has 2 aliphatic rings. The van der Waals surface area contributed by atoms with Gasteiger partial charge in [-0.3, -0.25) is 4.79 Å². The molecule has 0 aliphatic carbocycles. The van der Waals surface area contributed by atoms with Crippen molar-refractivity contribution in [3.05, 3.63) is 101 Å². The predicted octanol–water partition coefficient (Wildman–Crippen LogP) is 6.21. The molecule has 2 fully saturated rings. The van der Waals surface area contributed by atoms with Crippen LogP contribution in [-0.4, -0.2) is 76.7 Å². The Hall–Kier alpha value is -3.68. The summed E-state index contributed by atoms with van der Waals surface area (Å²) < 4.78 is 185. The topological polar surface area (TPSA) is 101 Å². The van der Waals surface area contributed by atoms with Crippen molar-refractivity contribution in [2.45, 2.75) is 53.5 Å². The summed E-state index contributed by atoms with van der Waals surface area (Å²) in [7, 11) is -8.20. The first kappa shape index (κ1) is 39.5. The normalized spacial score (nSPS) is 20.0. The number of halogens is 9. The van der Waals surface area contributed by atoms with Gasteiger partial charge in [0.2, 0.25) is 15.9 Å². The van der Waals surface area contributed by atoms with Gasteiger partial charge in [0.05, 0.1) is 17.8 Å². The minimum absolute atomic E-state index is 0.0232. The Labute approximate surface area is 293 Å². The number of sulfonamides is 1. The van der Waals surface area contributed by atoms with Gasteiger partial charge in [-0.25, -0.2) is 34.3 Å². The molecule has 0 spiro atoms. The van der Waals surface area contributed by atoms with E-state index in [1.54, 1.807) is 0 Å². The number of piperidine rings is 1. The van der Waals surface area contributed by atoms with E-state index < -0.39 is 101 Å². The van der Waals surface area contributed by atoms with Gasteiger partial charge in [-0.1, -0.05) is 30.3 Å². The maximum atomic E-state index is 14.5. The van der Waals surface area contributed by atoms with E-state index in [9.17, 15) is 61.1 Å². The van der Waals surface area contributed by atoms with Gasteiger partial charge in [-0.2, -0.15) is 26.3 Å². The van der Waals surface area contributed by atoms with Gasteiger partial charge < -0.3 is 9.64 Å². The molecule has 8 nitrogen and oxygen atoms in total. The molecule has 2 saturated heterocycles. The standard InChI is InChI=1S/C33H31F9N2O6S2/c1-51(46,47)44-16-13-21(14-17-44)29(45)43-18-15-30(20-43,52(48,49)25-11-9-24(34)10-12-25)22-5-7-23(8-6-22)31(32(37,38)39,33(40,41)42)50-19-26-27(35)3-2-4-28(26)36/h2-12,21H,13-20H2,1H3/t30-/m0/s1. The van der Waals surface area contributed by atoms with Crippen molar-refractivity contribution in [3.8, 4) is 0 Å². The quantitative estimate of drug-likeness (QED) is 0.189. The molecule has 5 rings (SSSR count). The smallest absolute Gasteiger partial charge is 0.349 e. The molecule has 19 heteroatoms. The van der Waals surface area contributed by atoms with Crippen LogP contribution in [0.1, 0.15) is 36.0 Å². The monoisotopic (exact) mass is 786 g/mol. The molecule has 52 heavy (non-hydrogen) atoms. The first-order valence-electron chi connectivity index (χ1n) is 15.6. The Morgan fingerprint density at radius 3 is 1.85 bits per heavy atom. The number of rotatable bonds is 9. The number of nitrogens with zero attached hydrogens (tertiary/aromatic N) is 2. The minimum atomic E-state index is -6.25. The Morgan fingerprint density at radius 1 is 0.808 bits per heavy atom. The van der Waals surface area contributed by atoms with Crippen LogP contribution in [0, 0.1) is 23.4 Å². The lowest BCUT2D eigenvalue weighted by Crippen LogP contribution is -2.56. The molecule has 284 valence electrons. The van der Waals surface area contributed by atoms with Crippen LogP contribution in [-0.2, 0) is 46.3 Å². The summed E-state index contributed by atoms with van der Waals surface area (Å²) in [6.07, 6.45) is -11.6. The highest BCUT2D eigenvalue weighted by Crippen LogP contribution is 2.54. The number of hydrogen-bond acceptors (Lipinski definition) is 6. The van der Waals surface area contributed by atoms with E-state index in [0.29, 0.717) is 36.4 Å². The summed E-state index contributed by atoms with van der Waals surface area (Å²) in [5, 5.41) is 0. The summed E-state index contributed by atoms with van der Waals surface area (Å²) in [6.45, 7) is -2.55. The lowest BCUT2D eigenvalue weighted by Gasteiger charge is -2.38. The molecule has 3 aromatic carbocycles. The van der Waals surface area contributed by atoms with Crippen molar-refractivity contribution < 1.29 is 65.9 Å². The number of sulfone groups is 1. The van der Waals surface area contributed by atoms with Crippen molar-refractivity contribution in [3.63, 3.8) is 0 Å². The van der Waals surface area contributed by atoms with Gasteiger partial charge >= 0.3 is 12.4 Å². The van der Waals surface area contributed by atoms with Gasteiger partial charge in [-0.15, -0.1) is 0 Å². The molecule has 1 amide bonds. The van der Waals surface area contributed by atoms with Crippen LogP contribution in [0.4, 0.5) is 39.5 Å². The van der Waals surface area contributed by atoms with E-state index in [1.165, 1.54) is 9.21 Å². The van der Waals surface area contributed by atoms with E-state index >= 15 is 0 Å². The first-order valence-corrected chi connectivity index (χ1v) is 18.9. The highest BCUT2D eigenvalue weighted by molar-refractivity contribution is 7.92. The van der Waals surface area contributed by atoms with Gasteiger partial charge in [-0.05, 0) is 61.2 Å². The zero-order chi connectivity index (χ0) is 38.5. The largest absolute Gasteiger partial charge is 0.430 e. The minimum Gasteiger partial charge on any atom is -0.349 e. The zero-order valence-electron chi connectivity index (χ0n) is 27.1. The zero-order valence-corrected chi connectivity index (χ0v) is 28.8.